The lowest BCUT2D eigenvalue weighted by atomic mass is 10.2. The number of rotatable bonds is 4. The Labute approximate surface area is 161 Å². The normalized spacial score (nSPS) is 12.6. The van der Waals surface area contributed by atoms with Crippen LogP contribution in [0.15, 0.2) is 29.1 Å². The number of H-pyrrole nitrogens is 1. The molecule has 2 heterocycles. The molecule has 10 heteroatoms. The number of fused-ring (bicyclic) bond motifs is 3. The number of hydrogen-bond acceptors (Lipinski definition) is 6. The van der Waals surface area contributed by atoms with Crippen molar-refractivity contribution in [3.63, 3.8) is 0 Å². The Kier molecular flexibility index (Phi) is 6.00. The average Bonchev–Trinajstić information content (AvgIpc) is 3.23. The van der Waals surface area contributed by atoms with Gasteiger partial charge in [0.1, 0.15) is 10.6 Å². The monoisotopic (exact) mass is 409 g/mol. The van der Waals surface area contributed by atoms with E-state index in [1.165, 1.54) is 28.3 Å². The van der Waals surface area contributed by atoms with Gasteiger partial charge >= 0.3 is 12.6 Å². The van der Waals surface area contributed by atoms with Gasteiger partial charge in [-0.15, -0.1) is 11.3 Å². The molecule has 0 radical (unpaired) electrons. The van der Waals surface area contributed by atoms with Crippen LogP contribution >= 0.6 is 11.3 Å². The quantitative estimate of drug-likeness (QED) is 0.610. The van der Waals surface area contributed by atoms with Crippen LogP contribution in [0.2, 0.25) is 0 Å². The highest BCUT2D eigenvalue weighted by atomic mass is 32.1. The molecule has 0 bridgehead atoms. The van der Waals surface area contributed by atoms with Crippen molar-refractivity contribution in [3.05, 3.63) is 56.4 Å². The predicted octanol–water partition coefficient (Wildman–Crippen LogP) is 2.92. The Morgan fingerprint density at radius 2 is 2.04 bits per heavy atom. The standard InChI is InChI=1S/C10H8N2O3S.C8H9F2NO/c13-8-6-4-2-1-3-5(4)16-9(6)12-7(11-8)10(14)15;9-8(10)12-7-3-1-6(5-11)2-4-7/h1-3H2,(H,14,15)(H,11,12,13);1-4,8H,5,11H2. The number of halogens is 2. The number of aryl methyl sites for hydroxylation is 2. The van der Waals surface area contributed by atoms with Gasteiger partial charge < -0.3 is 20.6 Å². The number of aromatic carboxylic acids is 1. The second-order valence-corrected chi connectivity index (χ2v) is 7.07. The molecule has 3 aromatic rings. The molecule has 148 valence electrons. The molecule has 0 fully saturated rings. The lowest BCUT2D eigenvalue weighted by Crippen LogP contribution is -2.15. The van der Waals surface area contributed by atoms with Gasteiger partial charge in [0.25, 0.3) is 5.56 Å². The van der Waals surface area contributed by atoms with Gasteiger partial charge in [-0.05, 0) is 42.5 Å². The Hall–Kier alpha value is -2.85. The highest BCUT2D eigenvalue weighted by Gasteiger charge is 2.22. The Morgan fingerprint density at radius 3 is 2.64 bits per heavy atom. The second-order valence-electron chi connectivity index (χ2n) is 5.98. The van der Waals surface area contributed by atoms with Crippen LogP contribution in [-0.4, -0.2) is 27.7 Å². The fourth-order valence-corrected chi connectivity index (χ4v) is 4.17. The van der Waals surface area contributed by atoms with E-state index in [2.05, 4.69) is 14.7 Å². The van der Waals surface area contributed by atoms with Crippen LogP contribution in [0.1, 0.15) is 33.0 Å². The average molecular weight is 409 g/mol. The molecule has 0 saturated heterocycles. The van der Waals surface area contributed by atoms with Crippen molar-refractivity contribution >= 4 is 27.5 Å². The summed E-state index contributed by atoms with van der Waals surface area (Å²) in [5.74, 6) is -1.33. The summed E-state index contributed by atoms with van der Waals surface area (Å²) in [6, 6.07) is 6.23. The lowest BCUT2D eigenvalue weighted by molar-refractivity contribution is -0.0498. The van der Waals surface area contributed by atoms with Gasteiger partial charge in [0.05, 0.1) is 5.39 Å². The van der Waals surface area contributed by atoms with Crippen molar-refractivity contribution in [1.29, 1.82) is 0 Å². The number of nitrogens with zero attached hydrogens (tertiary/aromatic N) is 1. The van der Waals surface area contributed by atoms with Crippen molar-refractivity contribution in [2.75, 3.05) is 0 Å². The number of ether oxygens (including phenoxy) is 1. The number of carbonyl (C=O) groups is 1. The summed E-state index contributed by atoms with van der Waals surface area (Å²) in [6.45, 7) is -2.37. The van der Waals surface area contributed by atoms with Crippen molar-refractivity contribution in [2.45, 2.75) is 32.4 Å². The number of nitrogens with two attached hydrogens (primary N) is 1. The SMILES string of the molecule is NCc1ccc(OC(F)F)cc1.O=C(O)c1nc2sc3c(c2c(=O)[nH]1)CCC3. The molecule has 4 rings (SSSR count). The first kappa shape index (κ1) is 19.9. The van der Waals surface area contributed by atoms with E-state index in [9.17, 15) is 18.4 Å². The minimum absolute atomic E-state index is 0.155. The third-order valence-corrected chi connectivity index (χ3v) is 5.35. The molecule has 0 spiro atoms. The minimum atomic E-state index is -2.77. The minimum Gasteiger partial charge on any atom is -0.475 e. The van der Waals surface area contributed by atoms with Crippen LogP contribution in [-0.2, 0) is 19.4 Å². The van der Waals surface area contributed by atoms with E-state index in [-0.39, 0.29) is 17.1 Å². The zero-order chi connectivity index (χ0) is 20.3. The van der Waals surface area contributed by atoms with E-state index in [1.807, 2.05) is 0 Å². The first-order chi connectivity index (χ1) is 13.4. The maximum Gasteiger partial charge on any atom is 0.387 e. The zero-order valence-electron chi connectivity index (χ0n) is 14.6. The maximum absolute atomic E-state index is 11.8. The number of aromatic amines is 1. The highest BCUT2D eigenvalue weighted by molar-refractivity contribution is 7.18. The smallest absolute Gasteiger partial charge is 0.387 e. The van der Waals surface area contributed by atoms with Crippen LogP contribution in [0.3, 0.4) is 0 Å². The molecule has 0 saturated carbocycles. The maximum atomic E-state index is 11.8. The highest BCUT2D eigenvalue weighted by Crippen LogP contribution is 2.34. The summed E-state index contributed by atoms with van der Waals surface area (Å²) < 4.78 is 27.5. The molecule has 28 heavy (non-hydrogen) atoms. The number of hydrogen-bond donors (Lipinski definition) is 3. The van der Waals surface area contributed by atoms with Crippen molar-refractivity contribution in [1.82, 2.24) is 9.97 Å². The molecule has 1 aromatic carbocycles. The third kappa shape index (κ3) is 4.34. The zero-order valence-corrected chi connectivity index (χ0v) is 15.4. The van der Waals surface area contributed by atoms with Crippen LogP contribution in [0.25, 0.3) is 10.2 Å². The lowest BCUT2D eigenvalue weighted by Gasteiger charge is -2.03. The summed E-state index contributed by atoms with van der Waals surface area (Å²) in [4.78, 5) is 30.5. The van der Waals surface area contributed by atoms with E-state index in [1.54, 1.807) is 12.1 Å². The van der Waals surface area contributed by atoms with E-state index in [0.29, 0.717) is 16.8 Å². The fourth-order valence-electron chi connectivity index (χ4n) is 2.91. The largest absolute Gasteiger partial charge is 0.475 e. The number of alkyl halides is 2. The summed E-state index contributed by atoms with van der Waals surface area (Å²) in [5.41, 5.74) is 6.93. The number of thiophene rings is 1. The van der Waals surface area contributed by atoms with Crippen LogP contribution in [0.4, 0.5) is 8.78 Å². The van der Waals surface area contributed by atoms with E-state index >= 15 is 0 Å². The third-order valence-electron chi connectivity index (χ3n) is 4.16. The number of aromatic nitrogens is 2. The fraction of sp³-hybridized carbons (Fsp3) is 0.278. The summed E-state index contributed by atoms with van der Waals surface area (Å²) in [6.07, 6.45) is 2.93. The number of carboxylic acid groups (broad SMARTS) is 1. The molecule has 2 aromatic heterocycles. The topological polar surface area (TPSA) is 118 Å². The summed E-state index contributed by atoms with van der Waals surface area (Å²) >= 11 is 1.44. The molecule has 1 aliphatic carbocycles. The Bertz CT molecular complexity index is 1050. The van der Waals surface area contributed by atoms with Gasteiger partial charge in [-0.1, -0.05) is 12.1 Å². The van der Waals surface area contributed by atoms with Gasteiger partial charge in [0.2, 0.25) is 5.82 Å². The summed E-state index contributed by atoms with van der Waals surface area (Å²) in [7, 11) is 0. The molecular weight excluding hydrogens is 392 g/mol. The molecule has 0 amide bonds. The van der Waals surface area contributed by atoms with Gasteiger partial charge in [-0.25, -0.2) is 9.78 Å². The first-order valence-corrected chi connectivity index (χ1v) is 9.22. The second kappa shape index (κ2) is 8.44. The van der Waals surface area contributed by atoms with Crippen LogP contribution in [0.5, 0.6) is 5.75 Å². The van der Waals surface area contributed by atoms with E-state index in [4.69, 9.17) is 10.8 Å². The molecular formula is C18H17F2N3O4S. The molecule has 1 aliphatic rings. The molecule has 7 nitrogen and oxygen atoms in total. The van der Waals surface area contributed by atoms with Crippen molar-refractivity contribution in [2.24, 2.45) is 5.73 Å². The predicted molar refractivity (Wildman–Crippen MR) is 100 cm³/mol. The molecule has 0 atom stereocenters. The van der Waals surface area contributed by atoms with Crippen LogP contribution in [0, 0.1) is 0 Å². The molecule has 0 aliphatic heterocycles. The number of carboxylic acids is 1. The Morgan fingerprint density at radius 1 is 1.32 bits per heavy atom. The Balaban J connectivity index is 0.000000169. The molecule has 0 unspecified atom stereocenters. The number of benzene rings is 1. The number of nitrogens with one attached hydrogen (secondary N) is 1. The first-order valence-electron chi connectivity index (χ1n) is 8.40. The van der Waals surface area contributed by atoms with Gasteiger partial charge in [-0.2, -0.15) is 8.78 Å². The van der Waals surface area contributed by atoms with E-state index in [0.717, 1.165) is 30.4 Å². The van der Waals surface area contributed by atoms with Gasteiger partial charge in [0, 0.05) is 11.4 Å². The van der Waals surface area contributed by atoms with Crippen molar-refractivity contribution in [3.8, 4) is 5.75 Å². The molecule has 4 N–H and O–H groups in total. The van der Waals surface area contributed by atoms with E-state index < -0.39 is 12.6 Å². The summed E-state index contributed by atoms with van der Waals surface area (Å²) in [5, 5.41) is 9.37. The van der Waals surface area contributed by atoms with Gasteiger partial charge in [-0.3, -0.25) is 4.79 Å². The van der Waals surface area contributed by atoms with Crippen LogP contribution < -0.4 is 16.0 Å². The van der Waals surface area contributed by atoms with Gasteiger partial charge in [0.15, 0.2) is 0 Å². The van der Waals surface area contributed by atoms with Crippen molar-refractivity contribution < 1.29 is 23.4 Å².